The van der Waals surface area contributed by atoms with E-state index in [1.165, 1.54) is 7.11 Å². The highest BCUT2D eigenvalue weighted by Crippen LogP contribution is 2.38. The van der Waals surface area contributed by atoms with Gasteiger partial charge in [-0.2, -0.15) is 4.98 Å². The Morgan fingerprint density at radius 3 is 1.28 bits per heavy atom. The lowest BCUT2D eigenvalue weighted by Gasteiger charge is -2.34. The Morgan fingerprint density at radius 2 is 0.866 bits per heavy atom. The van der Waals surface area contributed by atoms with Gasteiger partial charge in [0.1, 0.15) is 40.4 Å². The summed E-state index contributed by atoms with van der Waals surface area (Å²) in [5.41, 5.74) is 10.3. The molecule has 26 heteroatoms. The van der Waals surface area contributed by atoms with Gasteiger partial charge in [-0.25, -0.2) is 29.9 Å². The van der Waals surface area contributed by atoms with Crippen LogP contribution >= 0.6 is 0 Å². The number of amides is 1. The van der Waals surface area contributed by atoms with Gasteiger partial charge < -0.3 is 73.6 Å². The van der Waals surface area contributed by atoms with Gasteiger partial charge in [0, 0.05) is 182 Å². The molecule has 4 aliphatic heterocycles. The standard InChI is InChI=1S/C26H34N8O2.C24H28N6O2.C21H28N4O4/c1-32-9-10-33(2)25-22(32)17-29-26(31-25)30-18-3-5-20(6-4-18)36-23-16-19(34-11-13-35-14-12-34)15-21-24(23)28-8-7-27-21;1-2-17-15-27-24(28-16-17)29-18-3-5-20(6-4-18)32-22-14-19(30-9-11-31-12-10-30)13-21-23(22)26-8-7-25-21;1-27-14-20(26)24-15-2-4-17(5-3-15)29-19-13-16(25-8-10-28-11-9-25)12-18-21(19)23-7-6-22-18/h7-8,15-18,20H,3-6,9-14H2,1-2H3,(H,29,30,31);2,7-8,13-16,18,20H,1,3-6,9-12H2,(H,27,28,29);6-7,12-13,15,17H,2-5,8-11,14H2,1H3,(H,24,26). The number of hydrogen-bond acceptors (Lipinski definition) is 25. The number of aromatic nitrogens is 10. The molecular weight excluding hydrogens is 1230 g/mol. The number of nitrogens with one attached hydrogen (secondary N) is 3. The van der Waals surface area contributed by atoms with Crippen LogP contribution in [0, 0.1) is 0 Å². The number of likely N-dealkylation sites (N-methyl/N-ethyl adjacent to an activating group) is 2. The highest BCUT2D eigenvalue weighted by molar-refractivity contribution is 5.87. The van der Waals surface area contributed by atoms with Gasteiger partial charge in [-0.05, 0) is 95.2 Å². The molecule has 5 aromatic heterocycles. The van der Waals surface area contributed by atoms with Crippen LogP contribution in [0.4, 0.5) is 40.5 Å². The van der Waals surface area contributed by atoms with Crippen molar-refractivity contribution in [2.75, 3.05) is 155 Å². The maximum absolute atomic E-state index is 11.7. The summed E-state index contributed by atoms with van der Waals surface area (Å²) >= 11 is 0. The van der Waals surface area contributed by atoms with Crippen LogP contribution < -0.4 is 54.7 Å². The molecule has 0 spiro atoms. The summed E-state index contributed by atoms with van der Waals surface area (Å²) in [6.45, 7) is 15.4. The van der Waals surface area contributed by atoms with Gasteiger partial charge in [0.05, 0.1) is 86.4 Å². The lowest BCUT2D eigenvalue weighted by Crippen LogP contribution is -2.41. The van der Waals surface area contributed by atoms with Crippen LogP contribution in [0.3, 0.4) is 0 Å². The number of anilines is 7. The van der Waals surface area contributed by atoms with E-state index >= 15 is 0 Å². The first-order valence-electron chi connectivity index (χ1n) is 34.4. The van der Waals surface area contributed by atoms with E-state index in [-0.39, 0.29) is 36.9 Å². The molecule has 0 bridgehead atoms. The Kier molecular flexibility index (Phi) is 22.1. The third kappa shape index (κ3) is 17.2. The minimum atomic E-state index is -0.0589. The second-order valence-corrected chi connectivity index (χ2v) is 25.8. The minimum Gasteiger partial charge on any atom is -0.488 e. The third-order valence-electron chi connectivity index (χ3n) is 19.1. The van der Waals surface area contributed by atoms with Gasteiger partial charge in [-0.1, -0.05) is 12.7 Å². The fourth-order valence-corrected chi connectivity index (χ4v) is 13.7. The molecule has 0 atom stereocenters. The van der Waals surface area contributed by atoms with Crippen LogP contribution in [-0.2, 0) is 23.7 Å². The largest absolute Gasteiger partial charge is 0.488 e. The van der Waals surface area contributed by atoms with Crippen molar-refractivity contribution in [3.8, 4) is 17.2 Å². The summed E-state index contributed by atoms with van der Waals surface area (Å²) in [6.07, 6.45) is 29.5. The normalized spacial score (nSPS) is 22.1. The molecule has 26 nitrogen and oxygen atoms in total. The van der Waals surface area contributed by atoms with Gasteiger partial charge in [0.2, 0.25) is 17.8 Å². The number of methoxy groups -OCH3 is 1. The number of morpholine rings is 3. The van der Waals surface area contributed by atoms with Crippen LogP contribution in [0.5, 0.6) is 17.2 Å². The first-order chi connectivity index (χ1) is 47.6. The predicted molar refractivity (Wildman–Crippen MR) is 376 cm³/mol. The highest BCUT2D eigenvalue weighted by atomic mass is 16.5. The monoisotopic (exact) mass is 1320 g/mol. The van der Waals surface area contributed by atoms with Crippen molar-refractivity contribution in [2.24, 2.45) is 0 Å². The van der Waals surface area contributed by atoms with E-state index in [4.69, 9.17) is 38.1 Å². The zero-order valence-corrected chi connectivity index (χ0v) is 56.0. The minimum absolute atomic E-state index is 0.0589. The molecule has 0 radical (unpaired) electrons. The summed E-state index contributed by atoms with van der Waals surface area (Å²) in [4.78, 5) is 68.5. The summed E-state index contributed by atoms with van der Waals surface area (Å²) in [7, 11) is 5.71. The van der Waals surface area contributed by atoms with Crippen LogP contribution in [0.15, 0.2) is 98.7 Å². The Hall–Kier alpha value is -9.11. The second kappa shape index (κ2) is 32.3. The van der Waals surface area contributed by atoms with Gasteiger partial charge >= 0.3 is 0 Å². The van der Waals surface area contributed by atoms with E-state index in [1.807, 2.05) is 6.20 Å². The summed E-state index contributed by atoms with van der Waals surface area (Å²) < 4.78 is 40.9. The third-order valence-corrected chi connectivity index (χ3v) is 19.1. The first-order valence-corrected chi connectivity index (χ1v) is 34.4. The van der Waals surface area contributed by atoms with Gasteiger partial charge in [0.15, 0.2) is 5.82 Å². The number of benzene rings is 3. The van der Waals surface area contributed by atoms with Gasteiger partial charge in [-0.15, -0.1) is 0 Å². The Morgan fingerprint density at radius 1 is 0.485 bits per heavy atom. The number of ether oxygens (including phenoxy) is 7. The molecule has 15 rings (SSSR count). The number of carbonyl (C=O) groups is 1. The lowest BCUT2D eigenvalue weighted by atomic mass is 9.93. The molecule has 512 valence electrons. The maximum Gasteiger partial charge on any atom is 0.246 e. The number of carbonyl (C=O) groups excluding carboxylic acids is 1. The molecule has 8 aromatic rings. The van der Waals surface area contributed by atoms with Crippen molar-refractivity contribution in [2.45, 2.75) is 113 Å². The molecule has 3 saturated heterocycles. The number of rotatable bonds is 17. The Bertz CT molecular complexity index is 3890. The fourth-order valence-electron chi connectivity index (χ4n) is 13.7. The van der Waals surface area contributed by atoms with Crippen LogP contribution in [-0.4, -0.2) is 212 Å². The molecule has 0 unspecified atom stereocenters. The average molecular weight is 1320 g/mol. The highest BCUT2D eigenvalue weighted by Gasteiger charge is 2.30. The molecule has 3 saturated carbocycles. The zero-order valence-electron chi connectivity index (χ0n) is 56.0. The molecule has 97 heavy (non-hydrogen) atoms. The summed E-state index contributed by atoms with van der Waals surface area (Å²) in [5, 5.41) is 10.0. The molecule has 6 fully saturated rings. The predicted octanol–water partition coefficient (Wildman–Crippen LogP) is 8.57. The van der Waals surface area contributed by atoms with Crippen molar-refractivity contribution in [3.63, 3.8) is 0 Å². The fraction of sp³-hybridized carbons (Fsp3) is 0.507. The van der Waals surface area contributed by atoms with E-state index in [0.29, 0.717) is 24.0 Å². The number of fused-ring (bicyclic) bond motifs is 4. The van der Waals surface area contributed by atoms with E-state index in [9.17, 15) is 4.79 Å². The lowest BCUT2D eigenvalue weighted by molar-refractivity contribution is -0.125. The molecule has 1 amide bonds. The quantitative estimate of drug-likeness (QED) is 0.0770. The molecule has 9 heterocycles. The van der Waals surface area contributed by atoms with Gasteiger partial charge in [-0.3, -0.25) is 19.7 Å². The van der Waals surface area contributed by atoms with Crippen molar-refractivity contribution in [1.29, 1.82) is 0 Å². The van der Waals surface area contributed by atoms with Crippen molar-refractivity contribution in [3.05, 3.63) is 104 Å². The SMILES string of the molecule is C=Cc1cnc(NC2CCC(Oc3cc(N4CCOCC4)cc4nccnc34)CC2)nc1.CN1CCN(C)c2nc(NC3CCC(Oc4cc(N5CCOCC5)cc5nccnc45)CC3)ncc21.COCC(=O)NC1CCC(Oc2cc(N3CCOCC3)cc3nccnc23)CC1. The van der Waals surface area contributed by atoms with Crippen molar-refractivity contribution in [1.82, 2.24) is 55.2 Å². The second-order valence-electron chi connectivity index (χ2n) is 25.8. The topological polar surface area (TPSA) is 263 Å². The summed E-state index contributed by atoms with van der Waals surface area (Å²) in [5.74, 6) is 4.73. The van der Waals surface area contributed by atoms with Crippen LogP contribution in [0.1, 0.15) is 82.6 Å². The van der Waals surface area contributed by atoms with E-state index in [1.54, 1.807) is 55.7 Å². The number of hydrogen-bond donors (Lipinski definition) is 3. The zero-order chi connectivity index (χ0) is 66.3. The van der Waals surface area contributed by atoms with Crippen molar-refractivity contribution >= 4 is 85.5 Å². The van der Waals surface area contributed by atoms with Crippen LogP contribution in [0.25, 0.3) is 39.2 Å². The van der Waals surface area contributed by atoms with E-state index in [2.05, 4.69) is 142 Å². The molecular formula is C71H90N18O8. The molecule has 7 aliphatic rings. The Labute approximate surface area is 566 Å². The Balaban J connectivity index is 0.000000132. The molecule has 3 N–H and O–H groups in total. The van der Waals surface area contributed by atoms with Crippen molar-refractivity contribution < 1.29 is 38.0 Å². The first kappa shape index (κ1) is 66.5. The number of nitrogens with zero attached hydrogens (tertiary/aromatic N) is 15. The smallest absolute Gasteiger partial charge is 0.246 e. The molecule has 3 aliphatic carbocycles. The maximum atomic E-state index is 11.7. The summed E-state index contributed by atoms with van der Waals surface area (Å²) in [6, 6.07) is 13.5. The van der Waals surface area contributed by atoms with E-state index < -0.39 is 0 Å². The van der Waals surface area contributed by atoms with Crippen LogP contribution in [0.2, 0.25) is 0 Å². The average Bonchev–Trinajstić information content (AvgIpc) is 1.08. The van der Waals surface area contributed by atoms with E-state index in [0.717, 1.165) is 254 Å². The van der Waals surface area contributed by atoms with Gasteiger partial charge in [0.25, 0.3) is 0 Å². The molecule has 3 aromatic carbocycles.